The Morgan fingerprint density at radius 2 is 1.93 bits per heavy atom. The molecule has 1 unspecified atom stereocenters. The summed E-state index contributed by atoms with van der Waals surface area (Å²) in [5, 5.41) is 3.72. The molecular formula is C14H21N. The van der Waals surface area contributed by atoms with Gasteiger partial charge < -0.3 is 5.32 Å². The standard InChI is InChI=1S/C14H21N/c1-3-14(10-4-5-11-15-14)13-8-6-12(2)7-9-13/h6-9,15H,3-5,10-11H2,1-2H3. The fraction of sp³-hybridized carbons (Fsp3) is 0.571. The lowest BCUT2D eigenvalue weighted by atomic mass is 9.80. The molecule has 82 valence electrons. The van der Waals surface area contributed by atoms with E-state index in [4.69, 9.17) is 0 Å². The minimum Gasteiger partial charge on any atom is -0.307 e. The van der Waals surface area contributed by atoms with Crippen LogP contribution < -0.4 is 5.32 Å². The Morgan fingerprint density at radius 1 is 1.20 bits per heavy atom. The number of piperidine rings is 1. The zero-order valence-corrected chi connectivity index (χ0v) is 9.84. The van der Waals surface area contributed by atoms with Crippen LogP contribution in [0.1, 0.15) is 43.7 Å². The second-order valence-corrected chi connectivity index (χ2v) is 4.69. The monoisotopic (exact) mass is 203 g/mol. The predicted octanol–water partition coefficient (Wildman–Crippen LogP) is 3.37. The lowest BCUT2D eigenvalue weighted by molar-refractivity contribution is 0.248. The molecule has 1 aromatic carbocycles. The van der Waals surface area contributed by atoms with Crippen LogP contribution in [0.2, 0.25) is 0 Å². The van der Waals surface area contributed by atoms with Crippen molar-refractivity contribution in [3.8, 4) is 0 Å². The summed E-state index contributed by atoms with van der Waals surface area (Å²) in [6.45, 7) is 5.61. The molecule has 1 atom stereocenters. The van der Waals surface area contributed by atoms with E-state index in [1.807, 2.05) is 0 Å². The zero-order chi connectivity index (χ0) is 10.7. The number of hydrogen-bond donors (Lipinski definition) is 1. The average Bonchev–Trinajstić information content (AvgIpc) is 2.31. The summed E-state index contributed by atoms with van der Waals surface area (Å²) in [5.41, 5.74) is 3.07. The van der Waals surface area contributed by atoms with E-state index < -0.39 is 0 Å². The lowest BCUT2D eigenvalue weighted by Gasteiger charge is -2.38. The first-order valence-electron chi connectivity index (χ1n) is 6.09. The number of nitrogens with one attached hydrogen (secondary N) is 1. The molecule has 2 rings (SSSR count). The van der Waals surface area contributed by atoms with Gasteiger partial charge in [-0.15, -0.1) is 0 Å². The van der Waals surface area contributed by atoms with Gasteiger partial charge in [0.15, 0.2) is 0 Å². The SMILES string of the molecule is CCC1(c2ccc(C)cc2)CCCCN1. The molecule has 0 spiro atoms. The van der Waals surface area contributed by atoms with Gasteiger partial charge in [-0.3, -0.25) is 0 Å². The summed E-state index contributed by atoms with van der Waals surface area (Å²) >= 11 is 0. The topological polar surface area (TPSA) is 12.0 Å². The van der Waals surface area contributed by atoms with Crippen molar-refractivity contribution in [1.29, 1.82) is 0 Å². The number of aryl methyl sites for hydroxylation is 1. The summed E-state index contributed by atoms with van der Waals surface area (Å²) in [7, 11) is 0. The van der Waals surface area contributed by atoms with Crippen molar-refractivity contribution in [2.45, 2.75) is 45.1 Å². The van der Waals surface area contributed by atoms with E-state index in [-0.39, 0.29) is 5.54 Å². The van der Waals surface area contributed by atoms with Crippen molar-refractivity contribution in [2.24, 2.45) is 0 Å². The molecule has 0 bridgehead atoms. The molecule has 1 saturated heterocycles. The van der Waals surface area contributed by atoms with Crippen molar-refractivity contribution >= 4 is 0 Å². The molecular weight excluding hydrogens is 182 g/mol. The Hall–Kier alpha value is -0.820. The Labute approximate surface area is 92.9 Å². The normalized spacial score (nSPS) is 26.5. The van der Waals surface area contributed by atoms with Crippen LogP contribution in [0.25, 0.3) is 0 Å². The maximum Gasteiger partial charge on any atom is 0.0432 e. The predicted molar refractivity (Wildman–Crippen MR) is 65.0 cm³/mol. The van der Waals surface area contributed by atoms with Gasteiger partial charge in [0.1, 0.15) is 0 Å². The van der Waals surface area contributed by atoms with Gasteiger partial charge in [-0.1, -0.05) is 43.2 Å². The van der Waals surface area contributed by atoms with Crippen molar-refractivity contribution in [2.75, 3.05) is 6.54 Å². The van der Waals surface area contributed by atoms with Gasteiger partial charge >= 0.3 is 0 Å². The van der Waals surface area contributed by atoms with E-state index in [0.717, 1.165) is 0 Å². The molecule has 1 fully saturated rings. The smallest absolute Gasteiger partial charge is 0.0432 e. The highest BCUT2D eigenvalue weighted by molar-refractivity contribution is 5.28. The Bertz CT molecular complexity index is 307. The first-order valence-corrected chi connectivity index (χ1v) is 6.09. The van der Waals surface area contributed by atoms with Gasteiger partial charge in [-0.05, 0) is 38.3 Å². The first kappa shape index (κ1) is 10.7. The van der Waals surface area contributed by atoms with Crippen LogP contribution in [0.3, 0.4) is 0 Å². The third-order valence-electron chi connectivity index (χ3n) is 3.70. The quantitative estimate of drug-likeness (QED) is 0.777. The fourth-order valence-corrected chi connectivity index (χ4v) is 2.59. The van der Waals surface area contributed by atoms with E-state index >= 15 is 0 Å². The van der Waals surface area contributed by atoms with Gasteiger partial charge in [0.05, 0.1) is 0 Å². The summed E-state index contributed by atoms with van der Waals surface area (Å²) in [6.07, 6.45) is 5.16. The Balaban J connectivity index is 2.28. The molecule has 0 amide bonds. The minimum atomic E-state index is 0.256. The highest BCUT2D eigenvalue weighted by Gasteiger charge is 2.31. The number of rotatable bonds is 2. The zero-order valence-electron chi connectivity index (χ0n) is 9.84. The molecule has 15 heavy (non-hydrogen) atoms. The summed E-state index contributed by atoms with van der Waals surface area (Å²) in [4.78, 5) is 0. The molecule has 0 saturated carbocycles. The van der Waals surface area contributed by atoms with Gasteiger partial charge in [-0.2, -0.15) is 0 Å². The molecule has 1 nitrogen and oxygen atoms in total. The van der Waals surface area contributed by atoms with Gasteiger partial charge in [0.25, 0.3) is 0 Å². The average molecular weight is 203 g/mol. The third-order valence-corrected chi connectivity index (χ3v) is 3.70. The van der Waals surface area contributed by atoms with Crippen LogP contribution in [0.15, 0.2) is 24.3 Å². The van der Waals surface area contributed by atoms with Crippen LogP contribution in [-0.4, -0.2) is 6.54 Å². The summed E-state index contributed by atoms with van der Waals surface area (Å²) in [6, 6.07) is 9.03. The third kappa shape index (κ3) is 2.07. The number of hydrogen-bond acceptors (Lipinski definition) is 1. The first-order chi connectivity index (χ1) is 7.27. The molecule has 0 radical (unpaired) electrons. The lowest BCUT2D eigenvalue weighted by Crippen LogP contribution is -2.45. The van der Waals surface area contributed by atoms with Crippen LogP contribution in [0.5, 0.6) is 0 Å². The van der Waals surface area contributed by atoms with Crippen molar-refractivity contribution in [1.82, 2.24) is 5.32 Å². The summed E-state index contributed by atoms with van der Waals surface area (Å²) < 4.78 is 0. The van der Waals surface area contributed by atoms with E-state index in [0.29, 0.717) is 0 Å². The van der Waals surface area contributed by atoms with E-state index in [2.05, 4.69) is 43.4 Å². The molecule has 1 N–H and O–H groups in total. The molecule has 1 heteroatoms. The minimum absolute atomic E-state index is 0.256. The van der Waals surface area contributed by atoms with Crippen molar-refractivity contribution in [3.05, 3.63) is 35.4 Å². The maximum absolute atomic E-state index is 3.72. The van der Waals surface area contributed by atoms with Crippen LogP contribution in [0, 0.1) is 6.92 Å². The highest BCUT2D eigenvalue weighted by Crippen LogP contribution is 2.33. The van der Waals surface area contributed by atoms with E-state index in [9.17, 15) is 0 Å². The molecule has 1 heterocycles. The highest BCUT2D eigenvalue weighted by atomic mass is 15.0. The Kier molecular flexibility index (Phi) is 3.11. The van der Waals surface area contributed by atoms with E-state index in [1.165, 1.54) is 43.4 Å². The van der Waals surface area contributed by atoms with Crippen LogP contribution >= 0.6 is 0 Å². The Morgan fingerprint density at radius 3 is 2.47 bits per heavy atom. The number of benzene rings is 1. The second kappa shape index (κ2) is 4.36. The van der Waals surface area contributed by atoms with Gasteiger partial charge in [-0.25, -0.2) is 0 Å². The van der Waals surface area contributed by atoms with E-state index in [1.54, 1.807) is 0 Å². The summed E-state index contributed by atoms with van der Waals surface area (Å²) in [5.74, 6) is 0. The molecule has 1 aliphatic rings. The molecule has 0 aromatic heterocycles. The molecule has 0 aliphatic carbocycles. The second-order valence-electron chi connectivity index (χ2n) is 4.69. The van der Waals surface area contributed by atoms with Crippen LogP contribution in [0.4, 0.5) is 0 Å². The maximum atomic E-state index is 3.72. The molecule has 1 aliphatic heterocycles. The fourth-order valence-electron chi connectivity index (χ4n) is 2.59. The van der Waals surface area contributed by atoms with Gasteiger partial charge in [0, 0.05) is 5.54 Å². The largest absolute Gasteiger partial charge is 0.307 e. The van der Waals surface area contributed by atoms with Gasteiger partial charge in [0.2, 0.25) is 0 Å². The van der Waals surface area contributed by atoms with Crippen molar-refractivity contribution in [3.63, 3.8) is 0 Å². The van der Waals surface area contributed by atoms with Crippen molar-refractivity contribution < 1.29 is 0 Å². The van der Waals surface area contributed by atoms with Crippen LogP contribution in [-0.2, 0) is 5.54 Å². The molecule has 1 aromatic rings.